The first-order valence-corrected chi connectivity index (χ1v) is 19.3. The minimum atomic E-state index is -1.54. The quantitative estimate of drug-likeness (QED) is 0.0639. The third kappa shape index (κ3) is 15.7. The Morgan fingerprint density at radius 1 is 1.04 bits per heavy atom. The molecule has 1 aliphatic heterocycles. The summed E-state index contributed by atoms with van der Waals surface area (Å²) in [5.41, 5.74) is -1.85. The van der Waals surface area contributed by atoms with Crippen molar-refractivity contribution in [1.29, 1.82) is 0 Å². The number of carbonyl (C=O) groups is 4. The van der Waals surface area contributed by atoms with E-state index in [1.165, 1.54) is 0 Å². The van der Waals surface area contributed by atoms with Crippen LogP contribution in [0.2, 0.25) is 0 Å². The molecule has 0 aromatic heterocycles. The molecule has 8 N–H and O–H groups in total. The molecule has 0 saturated heterocycles. The van der Waals surface area contributed by atoms with E-state index in [0.29, 0.717) is 31.7 Å². The highest BCUT2D eigenvalue weighted by molar-refractivity contribution is 5.77. The molecule has 0 aromatic rings. The lowest BCUT2D eigenvalue weighted by atomic mass is 9.77. The van der Waals surface area contributed by atoms with Gasteiger partial charge in [-0.15, -0.1) is 0 Å². The maximum Gasteiger partial charge on any atom is 0.407 e. The van der Waals surface area contributed by atoms with Crippen molar-refractivity contribution in [3.05, 3.63) is 11.8 Å². The van der Waals surface area contributed by atoms with Gasteiger partial charge in [-0.05, 0) is 86.1 Å². The van der Waals surface area contributed by atoms with Crippen LogP contribution in [0.3, 0.4) is 0 Å². The van der Waals surface area contributed by atoms with E-state index in [4.69, 9.17) is 28.4 Å². The zero-order valence-electron chi connectivity index (χ0n) is 33.4. The molecular formula is C37H65N5O13. The normalized spacial score (nSPS) is 26.2. The molecule has 2 saturated carbocycles. The summed E-state index contributed by atoms with van der Waals surface area (Å²) in [6.45, 7) is 12.3. The summed E-state index contributed by atoms with van der Waals surface area (Å²) in [7, 11) is 0. The summed E-state index contributed by atoms with van der Waals surface area (Å²) < 4.78 is 35.2. The van der Waals surface area contributed by atoms with E-state index in [1.807, 2.05) is 6.08 Å². The van der Waals surface area contributed by atoms with Crippen LogP contribution in [0.5, 0.6) is 0 Å². The van der Waals surface area contributed by atoms with E-state index < -0.39 is 78.4 Å². The van der Waals surface area contributed by atoms with Crippen molar-refractivity contribution in [1.82, 2.24) is 26.6 Å². The number of aliphatic hydroxyl groups excluding tert-OH is 3. The van der Waals surface area contributed by atoms with E-state index >= 15 is 0 Å². The molecule has 0 bridgehead atoms. The zero-order valence-corrected chi connectivity index (χ0v) is 33.4. The average Bonchev–Trinajstić information content (AvgIpc) is 3.06. The number of hydrogen-bond acceptors (Lipinski definition) is 14. The summed E-state index contributed by atoms with van der Waals surface area (Å²) in [5, 5.41) is 46.7. The van der Waals surface area contributed by atoms with Crippen molar-refractivity contribution in [2.45, 2.75) is 166 Å². The molecule has 4 amide bonds. The van der Waals surface area contributed by atoms with Crippen LogP contribution in [0.4, 0.5) is 9.59 Å². The van der Waals surface area contributed by atoms with Crippen molar-refractivity contribution >= 4 is 24.5 Å². The van der Waals surface area contributed by atoms with Crippen molar-refractivity contribution in [3.8, 4) is 0 Å². The van der Waals surface area contributed by atoms with Crippen LogP contribution in [-0.2, 0) is 38.0 Å². The number of ether oxygens (including phenoxy) is 6. The standard InChI is InChI=1S/C37H65N5O13/c1-8-26(45)32(50-18-17-43)53-31-24(41-27(46)13-16-39-33(48)54-35(2,3)4)19-25(42-34(49)55-36(5,6)7)30(29(31)47)52-28-12-9-11-23(51-28)20-38-21-37(40-22-44)14-10-15-37/h11,22,24-26,28-32,38,43,45,47H,8-10,12-21H2,1-7H3,(H,39,48)(H,40,44)(H,41,46)(H,42,49)/t24-,25+,26-,28-,29+,30-,31+,32-/m1/s1. The number of nitrogens with one attached hydrogen (secondary N) is 5. The average molecular weight is 788 g/mol. The first kappa shape index (κ1) is 46.1. The predicted molar refractivity (Wildman–Crippen MR) is 198 cm³/mol. The minimum Gasteiger partial charge on any atom is -0.468 e. The van der Waals surface area contributed by atoms with Gasteiger partial charge in [0.05, 0.1) is 37.4 Å². The zero-order chi connectivity index (χ0) is 40.8. The smallest absolute Gasteiger partial charge is 0.407 e. The van der Waals surface area contributed by atoms with Gasteiger partial charge in [0.1, 0.15) is 41.4 Å². The second-order valence-electron chi connectivity index (χ2n) is 16.3. The lowest BCUT2D eigenvalue weighted by Gasteiger charge is -2.46. The molecule has 3 rings (SSSR count). The Bertz CT molecular complexity index is 1270. The first-order valence-electron chi connectivity index (χ1n) is 19.3. The third-order valence-electron chi connectivity index (χ3n) is 9.24. The van der Waals surface area contributed by atoms with Gasteiger partial charge in [0, 0.05) is 25.9 Å². The van der Waals surface area contributed by atoms with E-state index in [2.05, 4.69) is 26.6 Å². The summed E-state index contributed by atoms with van der Waals surface area (Å²) in [6.07, 6.45) is -2.22. The van der Waals surface area contributed by atoms with Crippen molar-refractivity contribution in [2.24, 2.45) is 0 Å². The van der Waals surface area contributed by atoms with Crippen LogP contribution < -0.4 is 26.6 Å². The number of rotatable bonds is 20. The lowest BCUT2D eigenvalue weighted by Crippen LogP contribution is -2.67. The fourth-order valence-corrected chi connectivity index (χ4v) is 6.49. The molecule has 0 unspecified atom stereocenters. The van der Waals surface area contributed by atoms with Crippen LogP contribution in [0.1, 0.15) is 99.8 Å². The highest BCUT2D eigenvalue weighted by Crippen LogP contribution is 2.32. The van der Waals surface area contributed by atoms with Gasteiger partial charge in [-0.2, -0.15) is 0 Å². The molecular weight excluding hydrogens is 722 g/mol. The van der Waals surface area contributed by atoms with Crippen LogP contribution in [-0.4, -0.2) is 138 Å². The maximum atomic E-state index is 13.3. The highest BCUT2D eigenvalue weighted by atomic mass is 16.7. The van der Waals surface area contributed by atoms with Gasteiger partial charge < -0.3 is 70.3 Å². The number of aliphatic hydroxyl groups is 3. The molecule has 0 radical (unpaired) electrons. The van der Waals surface area contributed by atoms with Crippen LogP contribution in [0, 0.1) is 0 Å². The largest absolute Gasteiger partial charge is 0.468 e. The molecule has 2 aliphatic carbocycles. The summed E-state index contributed by atoms with van der Waals surface area (Å²) in [4.78, 5) is 49.7. The fourth-order valence-electron chi connectivity index (χ4n) is 6.49. The van der Waals surface area contributed by atoms with E-state index in [9.17, 15) is 34.5 Å². The summed E-state index contributed by atoms with van der Waals surface area (Å²) >= 11 is 0. The minimum absolute atomic E-state index is 0.0192. The molecule has 316 valence electrons. The molecule has 2 fully saturated rings. The van der Waals surface area contributed by atoms with E-state index in [0.717, 1.165) is 25.7 Å². The fraction of sp³-hybridized carbons (Fsp3) is 0.838. The van der Waals surface area contributed by atoms with Gasteiger partial charge >= 0.3 is 12.2 Å². The molecule has 8 atom stereocenters. The number of amides is 4. The Morgan fingerprint density at radius 2 is 1.71 bits per heavy atom. The first-order chi connectivity index (χ1) is 25.9. The van der Waals surface area contributed by atoms with Crippen LogP contribution in [0.15, 0.2) is 11.8 Å². The van der Waals surface area contributed by atoms with Gasteiger partial charge in [-0.3, -0.25) is 9.59 Å². The number of alkyl carbamates (subject to hydrolysis) is 2. The Kier molecular flexibility index (Phi) is 17.9. The van der Waals surface area contributed by atoms with E-state index in [1.54, 1.807) is 48.5 Å². The SMILES string of the molecule is CC[C@@H](O)[C@H](OCCO)O[C@@H]1[C@@H](O)[C@H](O[C@@H]2CCC=C(CNCC3(NC=O)CCC3)O2)[C@@H](NC(=O)OC(C)(C)C)C[C@H]1NC(=O)CCNC(=O)OC(C)(C)C. The Morgan fingerprint density at radius 3 is 2.31 bits per heavy atom. The van der Waals surface area contributed by atoms with E-state index in [-0.39, 0.29) is 44.6 Å². The highest BCUT2D eigenvalue weighted by Gasteiger charge is 2.49. The molecule has 1 heterocycles. The predicted octanol–water partition coefficient (Wildman–Crippen LogP) is 1.20. The number of carbonyl (C=O) groups excluding carboxylic acids is 4. The molecule has 55 heavy (non-hydrogen) atoms. The third-order valence-corrected chi connectivity index (χ3v) is 9.24. The van der Waals surface area contributed by atoms with Gasteiger partial charge in [-0.25, -0.2) is 9.59 Å². The summed E-state index contributed by atoms with van der Waals surface area (Å²) in [6, 6.07) is -1.91. The van der Waals surface area contributed by atoms with Crippen molar-refractivity contribution < 1.29 is 62.9 Å². The van der Waals surface area contributed by atoms with Gasteiger partial charge in [0.15, 0.2) is 12.6 Å². The molecule has 18 heteroatoms. The Labute approximate surface area is 324 Å². The maximum absolute atomic E-state index is 13.3. The number of allylic oxidation sites excluding steroid dienone is 1. The second kappa shape index (κ2) is 21.3. The van der Waals surface area contributed by atoms with Gasteiger partial charge in [0.2, 0.25) is 12.3 Å². The molecule has 3 aliphatic rings. The molecule has 0 aromatic carbocycles. The van der Waals surface area contributed by atoms with Crippen molar-refractivity contribution in [2.75, 3.05) is 32.8 Å². The molecule has 18 nitrogen and oxygen atoms in total. The topological polar surface area (TPSA) is 244 Å². The Hall–Kier alpha value is -3.26. The van der Waals surface area contributed by atoms with Crippen molar-refractivity contribution in [3.63, 3.8) is 0 Å². The lowest BCUT2D eigenvalue weighted by molar-refractivity contribution is -0.270. The van der Waals surface area contributed by atoms with Gasteiger partial charge in [-0.1, -0.05) is 6.92 Å². The Balaban J connectivity index is 1.83. The number of hydrogen-bond donors (Lipinski definition) is 8. The van der Waals surface area contributed by atoms with Gasteiger partial charge in [0.25, 0.3) is 0 Å². The molecule has 0 spiro atoms. The second-order valence-corrected chi connectivity index (χ2v) is 16.3. The monoisotopic (exact) mass is 787 g/mol. The summed E-state index contributed by atoms with van der Waals surface area (Å²) in [5.74, 6) is 0.103. The van der Waals surface area contributed by atoms with Crippen LogP contribution >= 0.6 is 0 Å². The van der Waals surface area contributed by atoms with Crippen LogP contribution in [0.25, 0.3) is 0 Å².